The summed E-state index contributed by atoms with van der Waals surface area (Å²) < 4.78 is 26.6. The molecule has 34 heavy (non-hydrogen) atoms. The molecule has 3 heterocycles. The van der Waals surface area contributed by atoms with Crippen molar-refractivity contribution in [1.29, 1.82) is 0 Å². The molecule has 1 fully saturated rings. The summed E-state index contributed by atoms with van der Waals surface area (Å²) in [7, 11) is 1.37. The van der Waals surface area contributed by atoms with Crippen LogP contribution in [0.5, 0.6) is 5.75 Å². The van der Waals surface area contributed by atoms with Crippen molar-refractivity contribution in [3.63, 3.8) is 0 Å². The van der Waals surface area contributed by atoms with Gasteiger partial charge in [0.15, 0.2) is 17.3 Å². The number of hydrogen-bond donors (Lipinski definition) is 0. The van der Waals surface area contributed by atoms with Crippen LogP contribution in [-0.4, -0.2) is 69.9 Å². The number of halogens is 1. The Morgan fingerprint density at radius 3 is 2.41 bits per heavy atom. The largest absolute Gasteiger partial charge is 0.494 e. The molecule has 5 rings (SSSR count). The molecule has 1 aromatic heterocycles. The number of carbonyl (C=O) groups excluding carboxylic acids is 2. The summed E-state index contributed by atoms with van der Waals surface area (Å²) in [5.74, 6) is -1.01. The number of piperazine rings is 1. The highest BCUT2D eigenvalue weighted by atomic mass is 19.1. The number of amides is 2. The van der Waals surface area contributed by atoms with Gasteiger partial charge in [-0.05, 0) is 23.8 Å². The van der Waals surface area contributed by atoms with E-state index in [9.17, 15) is 14.0 Å². The van der Waals surface area contributed by atoms with Gasteiger partial charge in [-0.2, -0.15) is 0 Å². The molecule has 0 saturated carbocycles. The minimum atomic E-state index is -0.587. The Hall–Kier alpha value is -3.79. The summed E-state index contributed by atoms with van der Waals surface area (Å²) in [6.45, 7) is 2.12. The van der Waals surface area contributed by atoms with Gasteiger partial charge in [0.05, 0.1) is 26.0 Å². The van der Waals surface area contributed by atoms with Crippen molar-refractivity contribution in [3.8, 4) is 5.75 Å². The molecule has 9 nitrogen and oxygen atoms in total. The first-order valence-electron chi connectivity index (χ1n) is 11.1. The van der Waals surface area contributed by atoms with Gasteiger partial charge in [0.1, 0.15) is 6.10 Å². The standard InChI is InChI=1S/C24H24FN5O4/c1-33-20-8-7-17(13-18(20)25)23(31)28-9-11-29(12-10-28)24(32)22-19-15-34-21(14-30(19)27-26-22)16-5-3-2-4-6-16/h2-8,13,21H,9-12,14-15H2,1H3/t21-/m1/s1. The predicted octanol–water partition coefficient (Wildman–Crippen LogP) is 2.30. The van der Waals surface area contributed by atoms with Crippen molar-refractivity contribution < 1.29 is 23.5 Å². The third-order valence-corrected chi connectivity index (χ3v) is 6.22. The molecule has 0 radical (unpaired) electrons. The highest BCUT2D eigenvalue weighted by molar-refractivity contribution is 5.95. The van der Waals surface area contributed by atoms with Gasteiger partial charge >= 0.3 is 0 Å². The quantitative estimate of drug-likeness (QED) is 0.588. The number of methoxy groups -OCH3 is 1. The molecule has 0 aliphatic carbocycles. The summed E-state index contributed by atoms with van der Waals surface area (Å²) in [6, 6.07) is 14.0. The highest BCUT2D eigenvalue weighted by Gasteiger charge is 2.32. The molecule has 1 saturated heterocycles. The summed E-state index contributed by atoms with van der Waals surface area (Å²) in [6.07, 6.45) is -0.143. The number of rotatable bonds is 4. The summed E-state index contributed by atoms with van der Waals surface area (Å²) >= 11 is 0. The second-order valence-electron chi connectivity index (χ2n) is 8.21. The first-order valence-corrected chi connectivity index (χ1v) is 11.1. The van der Waals surface area contributed by atoms with E-state index in [1.165, 1.54) is 25.3 Å². The van der Waals surface area contributed by atoms with Crippen molar-refractivity contribution >= 4 is 11.8 Å². The van der Waals surface area contributed by atoms with E-state index in [1.807, 2.05) is 30.3 Å². The van der Waals surface area contributed by atoms with Crippen LogP contribution in [0.1, 0.15) is 38.2 Å². The van der Waals surface area contributed by atoms with Crippen molar-refractivity contribution in [2.24, 2.45) is 0 Å². The van der Waals surface area contributed by atoms with E-state index in [4.69, 9.17) is 9.47 Å². The molecule has 0 unspecified atom stereocenters. The van der Waals surface area contributed by atoms with E-state index in [2.05, 4.69) is 10.3 Å². The van der Waals surface area contributed by atoms with Gasteiger partial charge in [0, 0.05) is 31.7 Å². The second kappa shape index (κ2) is 9.22. The van der Waals surface area contributed by atoms with Gasteiger partial charge in [0.2, 0.25) is 0 Å². The first kappa shape index (κ1) is 22.0. The maximum absolute atomic E-state index is 14.0. The number of hydrogen-bond acceptors (Lipinski definition) is 6. The van der Waals surface area contributed by atoms with Gasteiger partial charge < -0.3 is 19.3 Å². The van der Waals surface area contributed by atoms with Crippen molar-refractivity contribution in [2.75, 3.05) is 33.3 Å². The average molecular weight is 465 g/mol. The number of carbonyl (C=O) groups is 2. The SMILES string of the molecule is COc1ccc(C(=O)N2CCN(C(=O)c3nnn4c3CO[C@@H](c3ccccc3)C4)CC2)cc1F. The van der Waals surface area contributed by atoms with Gasteiger partial charge in [0.25, 0.3) is 11.8 Å². The van der Waals surface area contributed by atoms with E-state index in [0.29, 0.717) is 38.4 Å². The third-order valence-electron chi connectivity index (χ3n) is 6.22. The first-order chi connectivity index (χ1) is 16.5. The predicted molar refractivity (Wildman–Crippen MR) is 119 cm³/mol. The van der Waals surface area contributed by atoms with Crippen molar-refractivity contribution in [2.45, 2.75) is 19.3 Å². The molecule has 2 aliphatic rings. The van der Waals surface area contributed by atoms with E-state index in [0.717, 1.165) is 5.56 Å². The zero-order chi connectivity index (χ0) is 23.7. The monoisotopic (exact) mass is 465 g/mol. The van der Waals surface area contributed by atoms with Crippen LogP contribution < -0.4 is 4.74 Å². The van der Waals surface area contributed by atoms with Crippen LogP contribution in [0.3, 0.4) is 0 Å². The summed E-state index contributed by atoms with van der Waals surface area (Å²) in [5, 5.41) is 8.32. The van der Waals surface area contributed by atoms with Crippen LogP contribution in [0.25, 0.3) is 0 Å². The Kier molecular flexibility index (Phi) is 5.97. The zero-order valence-electron chi connectivity index (χ0n) is 18.7. The van der Waals surface area contributed by atoms with Crippen LogP contribution in [0, 0.1) is 5.82 Å². The lowest BCUT2D eigenvalue weighted by atomic mass is 10.1. The van der Waals surface area contributed by atoms with Crippen LogP contribution in [0.2, 0.25) is 0 Å². The van der Waals surface area contributed by atoms with Crippen LogP contribution in [0.15, 0.2) is 48.5 Å². The minimum absolute atomic E-state index is 0.0862. The Balaban J connectivity index is 1.22. The molecule has 0 spiro atoms. The lowest BCUT2D eigenvalue weighted by Crippen LogP contribution is -2.50. The van der Waals surface area contributed by atoms with Gasteiger partial charge in [-0.3, -0.25) is 9.59 Å². The fourth-order valence-electron chi connectivity index (χ4n) is 4.29. The smallest absolute Gasteiger partial charge is 0.276 e. The van der Waals surface area contributed by atoms with Crippen LogP contribution in [0.4, 0.5) is 4.39 Å². The molecule has 2 amide bonds. The molecule has 0 N–H and O–H groups in total. The Bertz CT molecular complexity index is 1210. The molecule has 3 aromatic rings. The Morgan fingerprint density at radius 2 is 1.74 bits per heavy atom. The second-order valence-corrected chi connectivity index (χ2v) is 8.21. The van der Waals surface area contributed by atoms with Gasteiger partial charge in [-0.15, -0.1) is 5.10 Å². The minimum Gasteiger partial charge on any atom is -0.494 e. The summed E-state index contributed by atoms with van der Waals surface area (Å²) in [4.78, 5) is 29.2. The van der Waals surface area contributed by atoms with E-state index >= 15 is 0 Å². The molecular formula is C24H24FN5O4. The Labute approximate surface area is 195 Å². The third kappa shape index (κ3) is 4.12. The number of fused-ring (bicyclic) bond motifs is 1. The number of benzene rings is 2. The highest BCUT2D eigenvalue weighted by Crippen LogP contribution is 2.27. The summed E-state index contributed by atoms with van der Waals surface area (Å²) in [5.41, 5.74) is 2.23. The zero-order valence-corrected chi connectivity index (χ0v) is 18.7. The molecule has 10 heteroatoms. The average Bonchev–Trinajstić information content (AvgIpc) is 3.31. The molecular weight excluding hydrogens is 441 g/mol. The van der Waals surface area contributed by atoms with Gasteiger partial charge in [-0.1, -0.05) is 35.5 Å². The molecule has 2 aliphatic heterocycles. The van der Waals surface area contributed by atoms with E-state index < -0.39 is 5.82 Å². The number of nitrogens with zero attached hydrogens (tertiary/aromatic N) is 5. The van der Waals surface area contributed by atoms with Crippen LogP contribution >= 0.6 is 0 Å². The molecule has 1 atom stereocenters. The van der Waals surface area contributed by atoms with Crippen molar-refractivity contribution in [1.82, 2.24) is 24.8 Å². The maximum atomic E-state index is 14.0. The Morgan fingerprint density at radius 1 is 1.03 bits per heavy atom. The topological polar surface area (TPSA) is 89.8 Å². The number of ether oxygens (including phenoxy) is 2. The normalized spacial score (nSPS) is 17.9. The fourth-order valence-corrected chi connectivity index (χ4v) is 4.29. The number of aromatic nitrogens is 3. The fraction of sp³-hybridized carbons (Fsp3) is 0.333. The van der Waals surface area contributed by atoms with E-state index in [1.54, 1.807) is 14.5 Å². The molecule has 0 bridgehead atoms. The molecule has 2 aromatic carbocycles. The van der Waals surface area contributed by atoms with Gasteiger partial charge in [-0.25, -0.2) is 9.07 Å². The molecule has 176 valence electrons. The van der Waals surface area contributed by atoms with Crippen LogP contribution in [-0.2, 0) is 17.9 Å². The lowest BCUT2D eigenvalue weighted by Gasteiger charge is -2.34. The van der Waals surface area contributed by atoms with Crippen molar-refractivity contribution in [3.05, 3.63) is 76.9 Å². The van der Waals surface area contributed by atoms with E-state index in [-0.39, 0.29) is 41.5 Å². The maximum Gasteiger partial charge on any atom is 0.276 e. The lowest BCUT2D eigenvalue weighted by molar-refractivity contribution is -0.00202.